The van der Waals surface area contributed by atoms with Gasteiger partial charge >= 0.3 is 0 Å². The van der Waals surface area contributed by atoms with E-state index in [1.54, 1.807) is 25.6 Å². The number of methoxy groups -OCH3 is 2. The predicted molar refractivity (Wildman–Crippen MR) is 117 cm³/mol. The van der Waals surface area contributed by atoms with Gasteiger partial charge in [-0.15, -0.1) is 16.4 Å². The fraction of sp³-hybridized carbons (Fsp3) is 0.364. The van der Waals surface area contributed by atoms with Crippen molar-refractivity contribution in [3.05, 3.63) is 42.6 Å². The monoisotopic (exact) mass is 408 g/mol. The molecule has 0 saturated heterocycles. The number of nitrogens with one attached hydrogen (secondary N) is 1. The first-order chi connectivity index (χ1) is 14.2. The molecule has 150 valence electrons. The fourth-order valence-electron chi connectivity index (χ4n) is 4.09. The Hall–Kier alpha value is -2.64. The number of ether oxygens (including phenoxy) is 2. The van der Waals surface area contributed by atoms with Crippen LogP contribution in [-0.2, 0) is 4.74 Å². The van der Waals surface area contributed by atoms with Crippen LogP contribution in [0.5, 0.6) is 5.75 Å². The third-order valence-electron chi connectivity index (χ3n) is 5.70. The number of hydrogen-bond acceptors (Lipinski definition) is 6. The van der Waals surface area contributed by atoms with E-state index in [0.29, 0.717) is 12.1 Å². The van der Waals surface area contributed by atoms with E-state index in [2.05, 4.69) is 22.4 Å². The number of thiophene rings is 1. The lowest BCUT2D eigenvalue weighted by Crippen LogP contribution is -2.29. The Morgan fingerprint density at radius 3 is 2.76 bits per heavy atom. The molecule has 5 rings (SSSR count). The summed E-state index contributed by atoms with van der Waals surface area (Å²) >= 11 is 1.71. The lowest BCUT2D eigenvalue weighted by molar-refractivity contribution is 0.0681. The van der Waals surface area contributed by atoms with Gasteiger partial charge in [0.2, 0.25) is 0 Å². The zero-order valence-corrected chi connectivity index (χ0v) is 17.4. The molecule has 4 aromatic rings. The minimum Gasteiger partial charge on any atom is -0.495 e. The molecule has 1 N–H and O–H groups in total. The van der Waals surface area contributed by atoms with Crippen LogP contribution < -0.4 is 10.1 Å². The van der Waals surface area contributed by atoms with Crippen LogP contribution in [0, 0.1) is 0 Å². The zero-order valence-electron chi connectivity index (χ0n) is 16.6. The molecule has 3 heterocycles. The van der Waals surface area contributed by atoms with Gasteiger partial charge in [-0.1, -0.05) is 12.1 Å². The van der Waals surface area contributed by atoms with Gasteiger partial charge < -0.3 is 14.8 Å². The average molecular weight is 409 g/mol. The first-order valence-corrected chi connectivity index (χ1v) is 10.8. The van der Waals surface area contributed by atoms with Crippen molar-refractivity contribution in [3.8, 4) is 16.3 Å². The Labute approximate surface area is 173 Å². The molecule has 1 aliphatic rings. The predicted octanol–water partition coefficient (Wildman–Crippen LogP) is 4.99. The number of hydrogen-bond donors (Lipinski definition) is 1. The molecule has 3 aromatic heterocycles. The molecule has 1 aromatic carbocycles. The van der Waals surface area contributed by atoms with Crippen LogP contribution in [0.25, 0.3) is 26.3 Å². The maximum Gasteiger partial charge on any atom is 0.154 e. The Balaban J connectivity index is 1.46. The van der Waals surface area contributed by atoms with Crippen molar-refractivity contribution in [1.29, 1.82) is 0 Å². The summed E-state index contributed by atoms with van der Waals surface area (Å²) in [6.07, 6.45) is 6.68. The SMILES string of the molecule is COc1cccc2cc(-c3cnc4ccc(N[C@H]5CC[C@H](OC)CC5)nn34)sc12. The highest BCUT2D eigenvalue weighted by atomic mass is 32.1. The first kappa shape index (κ1) is 18.4. The van der Waals surface area contributed by atoms with Crippen molar-refractivity contribution in [2.24, 2.45) is 0 Å². The summed E-state index contributed by atoms with van der Waals surface area (Å²) in [4.78, 5) is 5.68. The van der Waals surface area contributed by atoms with Gasteiger partial charge in [0.15, 0.2) is 5.65 Å². The number of anilines is 1. The van der Waals surface area contributed by atoms with Crippen LogP contribution in [0.3, 0.4) is 0 Å². The van der Waals surface area contributed by atoms with Crippen molar-refractivity contribution in [1.82, 2.24) is 14.6 Å². The van der Waals surface area contributed by atoms with Crippen molar-refractivity contribution in [3.63, 3.8) is 0 Å². The molecular formula is C22H24N4O2S. The lowest BCUT2D eigenvalue weighted by Gasteiger charge is -2.28. The van der Waals surface area contributed by atoms with Crippen LogP contribution in [-0.4, -0.2) is 41.0 Å². The molecule has 29 heavy (non-hydrogen) atoms. The lowest BCUT2D eigenvalue weighted by atomic mass is 9.93. The summed E-state index contributed by atoms with van der Waals surface area (Å²) in [6, 6.07) is 12.8. The van der Waals surface area contributed by atoms with E-state index < -0.39 is 0 Å². The Bertz CT molecular complexity index is 1140. The summed E-state index contributed by atoms with van der Waals surface area (Å²) in [5.74, 6) is 1.78. The molecule has 1 fully saturated rings. The highest BCUT2D eigenvalue weighted by molar-refractivity contribution is 7.22. The second-order valence-electron chi connectivity index (χ2n) is 7.47. The van der Waals surface area contributed by atoms with E-state index in [4.69, 9.17) is 14.6 Å². The maximum atomic E-state index is 5.52. The normalized spacial score (nSPS) is 19.7. The van der Waals surface area contributed by atoms with Crippen LogP contribution >= 0.6 is 11.3 Å². The molecule has 0 aliphatic heterocycles. The standard InChI is InChI=1S/C22H24N4O2S/c1-27-16-8-6-15(7-9-16)24-20-10-11-21-23-13-17(26(21)25-20)19-12-14-4-3-5-18(28-2)22(14)29-19/h3-5,10-13,15-16H,6-9H2,1-2H3,(H,24,25)/t15-,16-. The van der Waals surface area contributed by atoms with Gasteiger partial charge in [-0.05, 0) is 55.3 Å². The van der Waals surface area contributed by atoms with Gasteiger partial charge in [0.25, 0.3) is 0 Å². The second-order valence-corrected chi connectivity index (χ2v) is 8.53. The van der Waals surface area contributed by atoms with E-state index in [-0.39, 0.29) is 0 Å². The summed E-state index contributed by atoms with van der Waals surface area (Å²) in [5, 5.41) is 9.61. The van der Waals surface area contributed by atoms with Gasteiger partial charge in [-0.3, -0.25) is 0 Å². The van der Waals surface area contributed by atoms with Gasteiger partial charge in [0, 0.05) is 13.2 Å². The largest absolute Gasteiger partial charge is 0.495 e. The molecular weight excluding hydrogens is 384 g/mol. The number of nitrogens with zero attached hydrogens (tertiary/aromatic N) is 3. The highest BCUT2D eigenvalue weighted by Crippen LogP contribution is 2.38. The quantitative estimate of drug-likeness (QED) is 0.504. The van der Waals surface area contributed by atoms with Crippen molar-refractivity contribution in [2.45, 2.75) is 37.8 Å². The van der Waals surface area contributed by atoms with Crippen LogP contribution in [0.2, 0.25) is 0 Å². The summed E-state index contributed by atoms with van der Waals surface area (Å²) < 4.78 is 14.1. The number of benzene rings is 1. The van der Waals surface area contributed by atoms with Gasteiger partial charge in [-0.2, -0.15) is 0 Å². The number of aromatic nitrogens is 3. The molecule has 0 spiro atoms. The van der Waals surface area contributed by atoms with Crippen molar-refractivity contribution in [2.75, 3.05) is 19.5 Å². The van der Waals surface area contributed by atoms with Gasteiger partial charge in [-0.25, -0.2) is 9.50 Å². The minimum atomic E-state index is 0.397. The summed E-state index contributed by atoms with van der Waals surface area (Å²) in [6.45, 7) is 0. The molecule has 0 atom stereocenters. The molecule has 0 unspecified atom stereocenters. The zero-order chi connectivity index (χ0) is 19.8. The molecule has 1 aliphatic carbocycles. The van der Waals surface area contributed by atoms with E-state index in [1.807, 2.05) is 35.0 Å². The van der Waals surface area contributed by atoms with Gasteiger partial charge in [0.1, 0.15) is 17.3 Å². The topological polar surface area (TPSA) is 60.7 Å². The first-order valence-electron chi connectivity index (χ1n) is 9.96. The molecule has 0 amide bonds. The van der Waals surface area contributed by atoms with Gasteiger partial charge in [0.05, 0.1) is 29.0 Å². The maximum absolute atomic E-state index is 5.52. The van der Waals surface area contributed by atoms with E-state index in [1.165, 1.54) is 5.39 Å². The van der Waals surface area contributed by atoms with Crippen molar-refractivity contribution < 1.29 is 9.47 Å². The minimum absolute atomic E-state index is 0.397. The number of imidazole rings is 1. The molecule has 7 heteroatoms. The fourth-order valence-corrected chi connectivity index (χ4v) is 5.24. The third kappa shape index (κ3) is 3.45. The van der Waals surface area contributed by atoms with E-state index >= 15 is 0 Å². The van der Waals surface area contributed by atoms with E-state index in [9.17, 15) is 0 Å². The smallest absolute Gasteiger partial charge is 0.154 e. The Morgan fingerprint density at radius 1 is 1.10 bits per heavy atom. The number of fused-ring (bicyclic) bond motifs is 2. The Morgan fingerprint density at radius 2 is 1.97 bits per heavy atom. The highest BCUT2D eigenvalue weighted by Gasteiger charge is 2.21. The average Bonchev–Trinajstić information content (AvgIpc) is 3.37. The molecule has 6 nitrogen and oxygen atoms in total. The summed E-state index contributed by atoms with van der Waals surface area (Å²) in [5.41, 5.74) is 1.84. The third-order valence-corrected chi connectivity index (χ3v) is 6.89. The molecule has 0 radical (unpaired) electrons. The Kier molecular flexibility index (Phi) is 4.85. The van der Waals surface area contributed by atoms with E-state index in [0.717, 1.165) is 58.2 Å². The van der Waals surface area contributed by atoms with Crippen LogP contribution in [0.4, 0.5) is 5.82 Å². The summed E-state index contributed by atoms with van der Waals surface area (Å²) in [7, 11) is 3.51. The molecule has 0 bridgehead atoms. The number of rotatable bonds is 5. The van der Waals surface area contributed by atoms with Crippen LogP contribution in [0.1, 0.15) is 25.7 Å². The van der Waals surface area contributed by atoms with Crippen LogP contribution in [0.15, 0.2) is 42.6 Å². The second kappa shape index (κ2) is 7.65. The van der Waals surface area contributed by atoms with Crippen molar-refractivity contribution >= 4 is 32.9 Å². The molecule has 1 saturated carbocycles.